The van der Waals surface area contributed by atoms with Crippen molar-refractivity contribution in [2.75, 3.05) is 0 Å². The standard InChI is InChI=1S/C12H14O3/c1-8(7-12(14)15)10-3-5-11(6-4-10)9(2)13/h3-6,8H,7H2,1-2H3,(H,14,15)/t8-/m0/s1. The summed E-state index contributed by atoms with van der Waals surface area (Å²) in [6.45, 7) is 3.37. The number of ketones is 1. The molecule has 1 N–H and O–H groups in total. The molecule has 80 valence electrons. The molecule has 0 unspecified atom stereocenters. The Balaban J connectivity index is 2.79. The van der Waals surface area contributed by atoms with Gasteiger partial charge >= 0.3 is 5.97 Å². The minimum absolute atomic E-state index is 0.0208. The quantitative estimate of drug-likeness (QED) is 0.770. The van der Waals surface area contributed by atoms with Crippen LogP contribution in [0.5, 0.6) is 0 Å². The first-order valence-electron chi connectivity index (χ1n) is 4.83. The lowest BCUT2D eigenvalue weighted by atomic mass is 9.96. The SMILES string of the molecule is CC(=O)c1ccc([C@@H](C)CC(=O)O)cc1. The highest BCUT2D eigenvalue weighted by molar-refractivity contribution is 5.94. The molecule has 0 aliphatic rings. The van der Waals surface area contributed by atoms with Crippen LogP contribution in [0.25, 0.3) is 0 Å². The summed E-state index contributed by atoms with van der Waals surface area (Å²) in [7, 11) is 0. The largest absolute Gasteiger partial charge is 0.481 e. The number of rotatable bonds is 4. The molecule has 0 saturated carbocycles. The van der Waals surface area contributed by atoms with E-state index >= 15 is 0 Å². The zero-order valence-corrected chi connectivity index (χ0v) is 8.86. The zero-order valence-electron chi connectivity index (χ0n) is 8.86. The van der Waals surface area contributed by atoms with Crippen LogP contribution in [0.15, 0.2) is 24.3 Å². The number of aliphatic carboxylic acids is 1. The fraction of sp³-hybridized carbons (Fsp3) is 0.333. The maximum absolute atomic E-state index is 11.0. The Bertz CT molecular complexity index is 365. The molecule has 0 bridgehead atoms. The third-order valence-corrected chi connectivity index (χ3v) is 2.37. The van der Waals surface area contributed by atoms with Crippen LogP contribution in [0.2, 0.25) is 0 Å². The van der Waals surface area contributed by atoms with E-state index in [1.807, 2.05) is 19.1 Å². The highest BCUT2D eigenvalue weighted by Crippen LogP contribution is 2.19. The maximum Gasteiger partial charge on any atom is 0.303 e. The highest BCUT2D eigenvalue weighted by atomic mass is 16.4. The smallest absolute Gasteiger partial charge is 0.303 e. The van der Waals surface area contributed by atoms with Gasteiger partial charge < -0.3 is 5.11 Å². The summed E-state index contributed by atoms with van der Waals surface area (Å²) in [4.78, 5) is 21.5. The van der Waals surface area contributed by atoms with Gasteiger partial charge in [0.1, 0.15) is 0 Å². The predicted octanol–water partition coefficient (Wildman–Crippen LogP) is 2.47. The van der Waals surface area contributed by atoms with E-state index in [4.69, 9.17) is 5.11 Å². The molecule has 0 heterocycles. The summed E-state index contributed by atoms with van der Waals surface area (Å²) in [5, 5.41) is 8.63. The van der Waals surface area contributed by atoms with E-state index < -0.39 is 5.97 Å². The molecule has 0 aliphatic heterocycles. The van der Waals surface area contributed by atoms with E-state index in [-0.39, 0.29) is 18.1 Å². The van der Waals surface area contributed by atoms with Crippen LogP contribution in [0.3, 0.4) is 0 Å². The Morgan fingerprint density at radius 1 is 1.27 bits per heavy atom. The number of benzene rings is 1. The molecule has 1 atom stereocenters. The average molecular weight is 206 g/mol. The van der Waals surface area contributed by atoms with Crippen molar-refractivity contribution < 1.29 is 14.7 Å². The second-order valence-electron chi connectivity index (χ2n) is 3.68. The van der Waals surface area contributed by atoms with Crippen molar-refractivity contribution in [1.82, 2.24) is 0 Å². The monoisotopic (exact) mass is 206 g/mol. The molecular formula is C12H14O3. The van der Waals surface area contributed by atoms with Gasteiger partial charge in [-0.05, 0) is 18.4 Å². The van der Waals surface area contributed by atoms with E-state index in [2.05, 4.69) is 0 Å². The Labute approximate surface area is 88.7 Å². The van der Waals surface area contributed by atoms with Crippen LogP contribution in [-0.4, -0.2) is 16.9 Å². The second-order valence-corrected chi connectivity index (χ2v) is 3.68. The Kier molecular flexibility index (Phi) is 3.61. The van der Waals surface area contributed by atoms with Crippen molar-refractivity contribution in [3.05, 3.63) is 35.4 Å². The highest BCUT2D eigenvalue weighted by Gasteiger charge is 2.10. The fourth-order valence-electron chi connectivity index (χ4n) is 1.43. The fourth-order valence-corrected chi connectivity index (χ4v) is 1.43. The summed E-state index contributed by atoms with van der Waals surface area (Å²) >= 11 is 0. The van der Waals surface area contributed by atoms with Gasteiger partial charge in [0.2, 0.25) is 0 Å². The minimum Gasteiger partial charge on any atom is -0.481 e. The van der Waals surface area contributed by atoms with Gasteiger partial charge in [0.15, 0.2) is 5.78 Å². The lowest BCUT2D eigenvalue weighted by molar-refractivity contribution is -0.137. The van der Waals surface area contributed by atoms with Gasteiger partial charge in [-0.3, -0.25) is 9.59 Å². The maximum atomic E-state index is 11.0. The summed E-state index contributed by atoms with van der Waals surface area (Å²) in [5.74, 6) is -0.811. The van der Waals surface area contributed by atoms with E-state index in [1.54, 1.807) is 12.1 Å². The zero-order chi connectivity index (χ0) is 11.4. The topological polar surface area (TPSA) is 54.4 Å². The van der Waals surface area contributed by atoms with E-state index in [9.17, 15) is 9.59 Å². The van der Waals surface area contributed by atoms with Crippen molar-refractivity contribution in [1.29, 1.82) is 0 Å². The number of carboxylic acid groups (broad SMARTS) is 1. The number of carbonyl (C=O) groups excluding carboxylic acids is 1. The average Bonchev–Trinajstić information content (AvgIpc) is 2.17. The molecule has 0 fully saturated rings. The molecule has 1 aromatic carbocycles. The Morgan fingerprint density at radius 3 is 2.20 bits per heavy atom. The number of Topliss-reactive ketones (excluding diaryl/α,β-unsaturated/α-hetero) is 1. The molecule has 0 amide bonds. The minimum atomic E-state index is -0.807. The first-order valence-corrected chi connectivity index (χ1v) is 4.83. The van der Waals surface area contributed by atoms with Gasteiger partial charge in [-0.15, -0.1) is 0 Å². The van der Waals surface area contributed by atoms with Gasteiger partial charge in [-0.25, -0.2) is 0 Å². The number of hydrogen-bond donors (Lipinski definition) is 1. The van der Waals surface area contributed by atoms with Crippen LogP contribution in [0.4, 0.5) is 0 Å². The van der Waals surface area contributed by atoms with Crippen LogP contribution >= 0.6 is 0 Å². The molecule has 0 radical (unpaired) electrons. The third kappa shape index (κ3) is 3.20. The Morgan fingerprint density at radius 2 is 1.80 bits per heavy atom. The first-order chi connectivity index (χ1) is 7.00. The van der Waals surface area contributed by atoms with Crippen LogP contribution < -0.4 is 0 Å². The normalized spacial score (nSPS) is 12.1. The van der Waals surface area contributed by atoms with Crippen molar-refractivity contribution >= 4 is 11.8 Å². The van der Waals surface area contributed by atoms with E-state index in [0.29, 0.717) is 5.56 Å². The second kappa shape index (κ2) is 4.73. The van der Waals surface area contributed by atoms with Crippen molar-refractivity contribution in [3.8, 4) is 0 Å². The van der Waals surface area contributed by atoms with E-state index in [1.165, 1.54) is 6.92 Å². The van der Waals surface area contributed by atoms with Crippen LogP contribution in [0, 0.1) is 0 Å². The summed E-state index contributed by atoms with van der Waals surface area (Å²) in [6, 6.07) is 7.08. The molecular weight excluding hydrogens is 192 g/mol. The molecule has 0 aromatic heterocycles. The van der Waals surface area contributed by atoms with Crippen LogP contribution in [-0.2, 0) is 4.79 Å². The summed E-state index contributed by atoms with van der Waals surface area (Å²) < 4.78 is 0. The summed E-state index contributed by atoms with van der Waals surface area (Å²) in [6.07, 6.45) is 0.111. The molecule has 3 nitrogen and oxygen atoms in total. The summed E-state index contributed by atoms with van der Waals surface area (Å²) in [5.41, 5.74) is 1.60. The molecule has 0 aliphatic carbocycles. The first kappa shape index (κ1) is 11.4. The van der Waals surface area contributed by atoms with Gasteiger partial charge in [0.05, 0.1) is 6.42 Å². The van der Waals surface area contributed by atoms with Crippen molar-refractivity contribution in [3.63, 3.8) is 0 Å². The number of carbonyl (C=O) groups is 2. The van der Waals surface area contributed by atoms with Crippen molar-refractivity contribution in [2.45, 2.75) is 26.2 Å². The van der Waals surface area contributed by atoms with Gasteiger partial charge in [0.25, 0.3) is 0 Å². The Hall–Kier alpha value is -1.64. The lowest BCUT2D eigenvalue weighted by Crippen LogP contribution is -2.03. The molecule has 1 aromatic rings. The third-order valence-electron chi connectivity index (χ3n) is 2.37. The number of hydrogen-bond acceptors (Lipinski definition) is 2. The van der Waals surface area contributed by atoms with Crippen molar-refractivity contribution in [2.24, 2.45) is 0 Å². The molecule has 0 saturated heterocycles. The lowest BCUT2D eigenvalue weighted by Gasteiger charge is -2.09. The van der Waals surface area contributed by atoms with Crippen LogP contribution in [0.1, 0.15) is 42.1 Å². The molecule has 15 heavy (non-hydrogen) atoms. The predicted molar refractivity (Wildman–Crippen MR) is 57.1 cm³/mol. The van der Waals surface area contributed by atoms with Gasteiger partial charge in [0, 0.05) is 5.56 Å². The molecule has 3 heteroatoms. The van der Waals surface area contributed by atoms with Gasteiger partial charge in [-0.1, -0.05) is 31.2 Å². The molecule has 0 spiro atoms. The van der Waals surface area contributed by atoms with E-state index in [0.717, 1.165) is 5.56 Å². The number of carboxylic acids is 1. The molecule has 1 rings (SSSR count). The van der Waals surface area contributed by atoms with Gasteiger partial charge in [-0.2, -0.15) is 0 Å².